The van der Waals surface area contributed by atoms with E-state index in [1.165, 1.54) is 6.07 Å². The Kier molecular flexibility index (Phi) is 5.63. The smallest absolute Gasteiger partial charge is 0.150 e. The third-order valence-corrected chi connectivity index (χ3v) is 6.20. The molecule has 1 heterocycles. The van der Waals surface area contributed by atoms with Crippen molar-refractivity contribution in [2.24, 2.45) is 5.92 Å². The van der Waals surface area contributed by atoms with Gasteiger partial charge in [0.1, 0.15) is 5.82 Å². The van der Waals surface area contributed by atoms with Crippen molar-refractivity contribution in [2.75, 3.05) is 18.1 Å². The van der Waals surface area contributed by atoms with E-state index >= 15 is 0 Å². The Hall–Kier alpha value is -0.650. The van der Waals surface area contributed by atoms with Crippen LogP contribution in [-0.2, 0) is 16.3 Å². The minimum Gasteiger partial charge on any atom is -0.314 e. The number of sulfone groups is 1. The van der Waals surface area contributed by atoms with Crippen LogP contribution >= 0.6 is 11.6 Å². The van der Waals surface area contributed by atoms with Crippen molar-refractivity contribution in [1.29, 1.82) is 0 Å². The molecule has 21 heavy (non-hydrogen) atoms. The summed E-state index contributed by atoms with van der Waals surface area (Å²) in [6, 6.07) is 4.94. The Morgan fingerprint density at radius 1 is 1.48 bits per heavy atom. The van der Waals surface area contributed by atoms with Gasteiger partial charge < -0.3 is 5.32 Å². The second-order valence-corrected chi connectivity index (χ2v) is 8.28. The number of hydrogen-bond donors (Lipinski definition) is 1. The average Bonchev–Trinajstić information content (AvgIpc) is 2.74. The molecule has 0 radical (unpaired) electrons. The highest BCUT2D eigenvalue weighted by Crippen LogP contribution is 2.26. The molecule has 0 aliphatic carbocycles. The fourth-order valence-electron chi connectivity index (χ4n) is 2.96. The van der Waals surface area contributed by atoms with Crippen molar-refractivity contribution in [3.05, 3.63) is 34.6 Å². The van der Waals surface area contributed by atoms with Crippen molar-refractivity contribution in [3.63, 3.8) is 0 Å². The van der Waals surface area contributed by atoms with Gasteiger partial charge in [-0.1, -0.05) is 30.7 Å². The summed E-state index contributed by atoms with van der Waals surface area (Å²) in [6.07, 6.45) is 2.11. The number of rotatable bonds is 6. The molecule has 1 aromatic carbocycles. The van der Waals surface area contributed by atoms with Crippen LogP contribution in [0.2, 0.25) is 5.02 Å². The SMILES string of the molecule is CCNC(Cc1cccc(F)c1Cl)CC1CCS(=O)(=O)C1. The van der Waals surface area contributed by atoms with E-state index in [2.05, 4.69) is 5.32 Å². The van der Waals surface area contributed by atoms with E-state index in [0.717, 1.165) is 24.9 Å². The number of benzene rings is 1. The molecule has 2 rings (SSSR count). The lowest BCUT2D eigenvalue weighted by molar-refractivity contribution is 0.409. The van der Waals surface area contributed by atoms with Gasteiger partial charge in [0.2, 0.25) is 0 Å². The fourth-order valence-corrected chi connectivity index (χ4v) is 5.04. The molecule has 1 aliphatic heterocycles. The van der Waals surface area contributed by atoms with Crippen molar-refractivity contribution in [1.82, 2.24) is 5.32 Å². The Morgan fingerprint density at radius 3 is 2.86 bits per heavy atom. The lowest BCUT2D eigenvalue weighted by atomic mass is 9.94. The van der Waals surface area contributed by atoms with Crippen LogP contribution in [0.1, 0.15) is 25.3 Å². The van der Waals surface area contributed by atoms with Gasteiger partial charge in [-0.2, -0.15) is 0 Å². The third-order valence-electron chi connectivity index (χ3n) is 3.94. The van der Waals surface area contributed by atoms with E-state index in [-0.39, 0.29) is 28.5 Å². The summed E-state index contributed by atoms with van der Waals surface area (Å²) in [7, 11) is -2.86. The summed E-state index contributed by atoms with van der Waals surface area (Å²) in [5, 5.41) is 3.52. The van der Waals surface area contributed by atoms with E-state index in [4.69, 9.17) is 11.6 Å². The molecule has 1 aromatic rings. The molecular weight excluding hydrogens is 313 g/mol. The van der Waals surface area contributed by atoms with E-state index < -0.39 is 15.7 Å². The minimum atomic E-state index is -2.86. The molecule has 2 atom stereocenters. The van der Waals surface area contributed by atoms with Gasteiger partial charge in [0, 0.05) is 6.04 Å². The van der Waals surface area contributed by atoms with Crippen LogP contribution in [0.5, 0.6) is 0 Å². The first-order chi connectivity index (χ1) is 9.91. The van der Waals surface area contributed by atoms with Crippen molar-refractivity contribution in [3.8, 4) is 0 Å². The zero-order valence-electron chi connectivity index (χ0n) is 12.1. The van der Waals surface area contributed by atoms with Crippen molar-refractivity contribution < 1.29 is 12.8 Å². The Balaban J connectivity index is 2.04. The molecule has 0 spiro atoms. The first-order valence-corrected chi connectivity index (χ1v) is 9.48. The van der Waals surface area contributed by atoms with Gasteiger partial charge in [-0.25, -0.2) is 12.8 Å². The first kappa shape index (κ1) is 16.7. The van der Waals surface area contributed by atoms with E-state index in [9.17, 15) is 12.8 Å². The maximum Gasteiger partial charge on any atom is 0.150 e. The van der Waals surface area contributed by atoms with Crippen molar-refractivity contribution >= 4 is 21.4 Å². The normalized spacial score (nSPS) is 22.3. The molecule has 0 saturated carbocycles. The molecule has 0 aromatic heterocycles. The summed E-state index contributed by atoms with van der Waals surface area (Å²) in [4.78, 5) is 0. The van der Waals surface area contributed by atoms with Gasteiger partial charge in [-0.3, -0.25) is 0 Å². The maximum atomic E-state index is 13.5. The largest absolute Gasteiger partial charge is 0.314 e. The topological polar surface area (TPSA) is 46.2 Å². The zero-order valence-corrected chi connectivity index (χ0v) is 13.7. The summed E-state index contributed by atoms with van der Waals surface area (Å²) < 4.78 is 36.6. The minimum absolute atomic E-state index is 0.118. The van der Waals surface area contributed by atoms with Crippen LogP contribution < -0.4 is 5.32 Å². The van der Waals surface area contributed by atoms with Crippen LogP contribution in [0, 0.1) is 11.7 Å². The highest BCUT2D eigenvalue weighted by atomic mass is 35.5. The molecule has 6 heteroatoms. The summed E-state index contributed by atoms with van der Waals surface area (Å²) in [5.74, 6) is 0.336. The standard InChI is InChI=1S/C15H21ClFNO2S/c1-2-18-13(8-11-6-7-21(19,20)10-11)9-12-4-3-5-14(17)15(12)16/h3-5,11,13,18H,2,6-10H2,1H3. The quantitative estimate of drug-likeness (QED) is 0.870. The molecular formula is C15H21ClFNO2S. The summed E-state index contributed by atoms with van der Waals surface area (Å²) in [6.45, 7) is 2.79. The zero-order chi connectivity index (χ0) is 15.5. The molecule has 0 bridgehead atoms. The molecule has 1 saturated heterocycles. The molecule has 118 valence electrons. The molecule has 0 amide bonds. The van der Waals surface area contributed by atoms with Gasteiger partial charge in [0.15, 0.2) is 9.84 Å². The molecule has 1 fully saturated rings. The first-order valence-electron chi connectivity index (χ1n) is 7.28. The molecule has 2 unspecified atom stereocenters. The number of nitrogens with one attached hydrogen (secondary N) is 1. The Morgan fingerprint density at radius 2 is 2.24 bits per heavy atom. The Labute approximate surface area is 130 Å². The van der Waals surface area contributed by atoms with Crippen LogP contribution in [-0.4, -0.2) is 32.5 Å². The molecule has 1 aliphatic rings. The second-order valence-electron chi connectivity index (χ2n) is 5.68. The molecule has 3 nitrogen and oxygen atoms in total. The number of hydrogen-bond acceptors (Lipinski definition) is 3. The van der Waals surface area contributed by atoms with Gasteiger partial charge in [-0.15, -0.1) is 0 Å². The van der Waals surface area contributed by atoms with Gasteiger partial charge in [0.25, 0.3) is 0 Å². The van der Waals surface area contributed by atoms with Crippen LogP contribution in [0.15, 0.2) is 18.2 Å². The highest BCUT2D eigenvalue weighted by molar-refractivity contribution is 7.91. The van der Waals surface area contributed by atoms with Gasteiger partial charge >= 0.3 is 0 Å². The van der Waals surface area contributed by atoms with Crippen molar-refractivity contribution in [2.45, 2.75) is 32.2 Å². The number of halogens is 2. The van der Waals surface area contributed by atoms with Gasteiger partial charge in [0.05, 0.1) is 16.5 Å². The molecule has 1 N–H and O–H groups in total. The summed E-state index contributed by atoms with van der Waals surface area (Å²) >= 11 is 6.00. The van der Waals surface area contributed by atoms with E-state index in [1.807, 2.05) is 13.0 Å². The van der Waals surface area contributed by atoms with Crippen LogP contribution in [0.4, 0.5) is 4.39 Å². The predicted octanol–water partition coefficient (Wildman–Crippen LogP) is 2.82. The third kappa shape index (κ3) is 4.66. The van der Waals surface area contributed by atoms with Crippen LogP contribution in [0.25, 0.3) is 0 Å². The second kappa shape index (κ2) is 7.07. The monoisotopic (exact) mass is 333 g/mol. The predicted molar refractivity (Wildman–Crippen MR) is 84.0 cm³/mol. The lowest BCUT2D eigenvalue weighted by Gasteiger charge is -2.21. The average molecular weight is 334 g/mol. The van der Waals surface area contributed by atoms with E-state index in [1.54, 1.807) is 6.07 Å². The fraction of sp³-hybridized carbons (Fsp3) is 0.600. The Bertz CT molecular complexity index is 591. The van der Waals surface area contributed by atoms with Gasteiger partial charge in [-0.05, 0) is 43.4 Å². The highest BCUT2D eigenvalue weighted by Gasteiger charge is 2.29. The number of likely N-dealkylation sites (N-methyl/N-ethyl adjacent to an activating group) is 1. The maximum absolute atomic E-state index is 13.5. The summed E-state index contributed by atoms with van der Waals surface area (Å²) in [5.41, 5.74) is 0.767. The lowest BCUT2D eigenvalue weighted by Crippen LogP contribution is -2.33. The van der Waals surface area contributed by atoms with Crippen LogP contribution in [0.3, 0.4) is 0 Å². The van der Waals surface area contributed by atoms with E-state index in [0.29, 0.717) is 6.42 Å².